The molecule has 1 N–H and O–H groups in total. The van der Waals surface area contributed by atoms with E-state index >= 15 is 0 Å². The van der Waals surface area contributed by atoms with E-state index in [1.165, 1.54) is 0 Å². The summed E-state index contributed by atoms with van der Waals surface area (Å²) in [6.45, 7) is 1.69. The summed E-state index contributed by atoms with van der Waals surface area (Å²) >= 11 is 1.81. The van der Waals surface area contributed by atoms with Gasteiger partial charge in [0.05, 0.1) is 13.0 Å². The van der Waals surface area contributed by atoms with Crippen molar-refractivity contribution in [3.8, 4) is 11.5 Å². The number of benzene rings is 1. The van der Waals surface area contributed by atoms with Gasteiger partial charge in [-0.25, -0.2) is 4.79 Å². The van der Waals surface area contributed by atoms with Gasteiger partial charge in [0.1, 0.15) is 6.04 Å². The van der Waals surface area contributed by atoms with Crippen molar-refractivity contribution in [1.82, 2.24) is 15.1 Å². The Labute approximate surface area is 154 Å². The van der Waals surface area contributed by atoms with E-state index in [0.29, 0.717) is 24.6 Å². The zero-order valence-corrected chi connectivity index (χ0v) is 14.9. The lowest BCUT2D eigenvalue weighted by Crippen LogP contribution is -2.42. The number of carbonyl (C=O) groups is 3. The maximum Gasteiger partial charge on any atom is 0.325 e. The molecule has 0 aliphatic carbocycles. The number of ether oxygens (including phenoxy) is 2. The molecule has 1 unspecified atom stereocenters. The zero-order valence-electron chi connectivity index (χ0n) is 14.1. The Morgan fingerprint density at radius 2 is 1.96 bits per heavy atom. The van der Waals surface area contributed by atoms with Crippen molar-refractivity contribution in [3.63, 3.8) is 0 Å². The summed E-state index contributed by atoms with van der Waals surface area (Å²) in [6.07, 6.45) is 0.00682. The van der Waals surface area contributed by atoms with Crippen molar-refractivity contribution in [2.45, 2.75) is 19.0 Å². The normalized spacial score (nSPS) is 21.9. The third-order valence-electron chi connectivity index (χ3n) is 4.63. The predicted molar refractivity (Wildman–Crippen MR) is 94.0 cm³/mol. The molecule has 0 spiro atoms. The second-order valence-electron chi connectivity index (χ2n) is 6.31. The van der Waals surface area contributed by atoms with Gasteiger partial charge in [-0.2, -0.15) is 11.8 Å². The van der Waals surface area contributed by atoms with Gasteiger partial charge in [0.15, 0.2) is 11.5 Å². The van der Waals surface area contributed by atoms with Gasteiger partial charge in [0.2, 0.25) is 12.7 Å². The Hall–Kier alpha value is -2.42. The molecule has 1 aromatic carbocycles. The average molecular weight is 377 g/mol. The fourth-order valence-corrected chi connectivity index (χ4v) is 4.11. The van der Waals surface area contributed by atoms with Gasteiger partial charge in [0.25, 0.3) is 5.91 Å². The smallest absolute Gasteiger partial charge is 0.325 e. The molecule has 26 heavy (non-hydrogen) atoms. The number of imide groups is 1. The van der Waals surface area contributed by atoms with E-state index in [2.05, 4.69) is 5.32 Å². The van der Waals surface area contributed by atoms with E-state index in [0.717, 1.165) is 22.0 Å². The average Bonchev–Trinajstić information content (AvgIpc) is 3.22. The number of nitrogens with one attached hydrogen (secondary N) is 1. The molecule has 8 nitrogen and oxygen atoms in total. The van der Waals surface area contributed by atoms with Crippen molar-refractivity contribution in [2.24, 2.45) is 0 Å². The molecule has 4 amide bonds. The van der Waals surface area contributed by atoms with Crippen LogP contribution in [0, 0.1) is 0 Å². The fourth-order valence-electron chi connectivity index (χ4n) is 3.20. The summed E-state index contributed by atoms with van der Waals surface area (Å²) in [4.78, 5) is 40.0. The third kappa shape index (κ3) is 3.31. The minimum atomic E-state index is -0.793. The molecule has 1 aromatic rings. The third-order valence-corrected chi connectivity index (χ3v) is 5.57. The topological polar surface area (TPSA) is 88.2 Å². The first kappa shape index (κ1) is 17.0. The molecule has 2 fully saturated rings. The Kier molecular flexibility index (Phi) is 4.62. The Morgan fingerprint density at radius 3 is 2.77 bits per heavy atom. The number of thioether (sulfide) groups is 1. The molecule has 138 valence electrons. The van der Waals surface area contributed by atoms with Gasteiger partial charge >= 0.3 is 6.03 Å². The minimum absolute atomic E-state index is 0.00682. The van der Waals surface area contributed by atoms with Crippen LogP contribution in [0.1, 0.15) is 12.0 Å². The number of hydrogen-bond donors (Lipinski definition) is 1. The summed E-state index contributed by atoms with van der Waals surface area (Å²) in [5.74, 6) is 2.61. The van der Waals surface area contributed by atoms with Crippen LogP contribution in [0.25, 0.3) is 0 Å². The Morgan fingerprint density at radius 1 is 1.19 bits per heavy atom. The van der Waals surface area contributed by atoms with Crippen LogP contribution in [0.15, 0.2) is 18.2 Å². The molecular formula is C17H19N3O5S. The largest absolute Gasteiger partial charge is 0.454 e. The van der Waals surface area contributed by atoms with Crippen LogP contribution in [0.2, 0.25) is 0 Å². The lowest BCUT2D eigenvalue weighted by atomic mass is 10.1. The van der Waals surface area contributed by atoms with Crippen molar-refractivity contribution in [1.29, 1.82) is 0 Å². The first-order valence-electron chi connectivity index (χ1n) is 8.48. The molecule has 0 aromatic heterocycles. The quantitative estimate of drug-likeness (QED) is 0.781. The van der Waals surface area contributed by atoms with Gasteiger partial charge in [0, 0.05) is 24.6 Å². The second kappa shape index (κ2) is 7.06. The molecule has 3 aliphatic heterocycles. The van der Waals surface area contributed by atoms with Gasteiger partial charge < -0.3 is 19.7 Å². The summed E-state index contributed by atoms with van der Waals surface area (Å²) in [5.41, 5.74) is 0.762. The molecule has 4 rings (SSSR count). The fraction of sp³-hybridized carbons (Fsp3) is 0.471. The van der Waals surface area contributed by atoms with Crippen molar-refractivity contribution in [2.75, 3.05) is 31.4 Å². The lowest BCUT2D eigenvalue weighted by molar-refractivity contribution is -0.135. The van der Waals surface area contributed by atoms with E-state index in [4.69, 9.17) is 9.47 Å². The van der Waals surface area contributed by atoms with E-state index in [9.17, 15) is 14.4 Å². The first-order valence-corrected chi connectivity index (χ1v) is 9.63. The second-order valence-corrected chi connectivity index (χ2v) is 7.54. The standard InChI is InChI=1S/C17H19N3O5S/c21-15(19-3-5-26-6-4-19)8-12-16(22)20(17(23)18-12)9-11-1-2-13-14(7-11)25-10-24-13/h1-2,7,12H,3-6,8-10H2,(H,18,23). The summed E-state index contributed by atoms with van der Waals surface area (Å²) < 4.78 is 10.6. The van der Waals surface area contributed by atoms with E-state index < -0.39 is 12.1 Å². The molecule has 0 radical (unpaired) electrons. The van der Waals surface area contributed by atoms with Crippen LogP contribution in [0.4, 0.5) is 4.79 Å². The Balaban J connectivity index is 1.39. The highest BCUT2D eigenvalue weighted by atomic mass is 32.2. The highest BCUT2D eigenvalue weighted by molar-refractivity contribution is 7.99. The SMILES string of the molecule is O=C(CC1NC(=O)N(Cc2ccc3c(c2)OCO3)C1=O)N1CCSCC1. The van der Waals surface area contributed by atoms with Crippen LogP contribution in [0.5, 0.6) is 11.5 Å². The number of urea groups is 1. The van der Waals surface area contributed by atoms with Gasteiger partial charge in [-0.1, -0.05) is 6.07 Å². The lowest BCUT2D eigenvalue weighted by Gasteiger charge is -2.27. The van der Waals surface area contributed by atoms with E-state index in [1.807, 2.05) is 11.8 Å². The molecule has 9 heteroatoms. The van der Waals surface area contributed by atoms with E-state index in [1.54, 1.807) is 23.1 Å². The van der Waals surface area contributed by atoms with Crippen molar-refractivity contribution < 1.29 is 23.9 Å². The monoisotopic (exact) mass is 377 g/mol. The van der Waals surface area contributed by atoms with Crippen molar-refractivity contribution >= 4 is 29.6 Å². The van der Waals surface area contributed by atoms with Crippen molar-refractivity contribution in [3.05, 3.63) is 23.8 Å². The number of hydrogen-bond acceptors (Lipinski definition) is 6. The highest BCUT2D eigenvalue weighted by Crippen LogP contribution is 2.33. The zero-order chi connectivity index (χ0) is 18.1. The van der Waals surface area contributed by atoms with Crippen LogP contribution < -0.4 is 14.8 Å². The van der Waals surface area contributed by atoms with Crippen LogP contribution >= 0.6 is 11.8 Å². The van der Waals surface area contributed by atoms with Gasteiger partial charge in [-0.3, -0.25) is 14.5 Å². The molecule has 3 heterocycles. The molecule has 3 aliphatic rings. The highest BCUT2D eigenvalue weighted by Gasteiger charge is 2.39. The molecule has 2 saturated heterocycles. The van der Waals surface area contributed by atoms with Gasteiger partial charge in [-0.05, 0) is 17.7 Å². The number of amides is 4. The minimum Gasteiger partial charge on any atom is -0.454 e. The summed E-state index contributed by atoms with van der Waals surface area (Å²) in [6, 6.07) is 4.04. The number of carbonyl (C=O) groups excluding carboxylic acids is 3. The summed E-state index contributed by atoms with van der Waals surface area (Å²) in [7, 11) is 0. The Bertz CT molecular complexity index is 750. The molecule has 0 bridgehead atoms. The number of rotatable bonds is 4. The van der Waals surface area contributed by atoms with Crippen LogP contribution in [-0.4, -0.2) is 65.1 Å². The van der Waals surface area contributed by atoms with Crippen LogP contribution in [-0.2, 0) is 16.1 Å². The van der Waals surface area contributed by atoms with E-state index in [-0.39, 0.29) is 31.6 Å². The maximum atomic E-state index is 12.6. The van der Waals surface area contributed by atoms with Crippen LogP contribution in [0.3, 0.4) is 0 Å². The predicted octanol–water partition coefficient (Wildman–Crippen LogP) is 0.801. The molecule has 1 atom stereocenters. The maximum absolute atomic E-state index is 12.6. The molecule has 0 saturated carbocycles. The first-order chi connectivity index (χ1) is 12.6. The van der Waals surface area contributed by atoms with Gasteiger partial charge in [-0.15, -0.1) is 0 Å². The number of nitrogens with zero attached hydrogens (tertiary/aromatic N) is 2. The molecular weight excluding hydrogens is 358 g/mol. The summed E-state index contributed by atoms with van der Waals surface area (Å²) in [5, 5.41) is 2.63. The number of fused-ring (bicyclic) bond motifs is 1.